The number of hydrogen-bond acceptors (Lipinski definition) is 3. The molecule has 0 spiro atoms. The fraction of sp³-hybridized carbons (Fsp3) is 0.471. The Balaban J connectivity index is 1.77. The molecule has 0 bridgehead atoms. The average molecular weight is 284 g/mol. The molecule has 112 valence electrons. The van der Waals surface area contributed by atoms with Gasteiger partial charge in [-0.3, -0.25) is 4.90 Å². The molecule has 2 atom stereocenters. The highest BCUT2D eigenvalue weighted by Crippen LogP contribution is 2.24. The van der Waals surface area contributed by atoms with Gasteiger partial charge in [0.1, 0.15) is 5.82 Å². The van der Waals surface area contributed by atoms with Crippen molar-refractivity contribution < 1.29 is 0 Å². The number of likely N-dealkylation sites (N-methyl/N-ethyl adjacent to an activating group) is 1. The fourth-order valence-corrected chi connectivity index (χ4v) is 3.21. The highest BCUT2D eigenvalue weighted by atomic mass is 15.3. The quantitative estimate of drug-likeness (QED) is 0.935. The summed E-state index contributed by atoms with van der Waals surface area (Å²) >= 11 is 0. The highest BCUT2D eigenvalue weighted by Gasteiger charge is 2.27. The summed E-state index contributed by atoms with van der Waals surface area (Å²) in [7, 11) is 2.05. The van der Waals surface area contributed by atoms with Crippen LogP contribution in [0.25, 0.3) is 0 Å². The van der Waals surface area contributed by atoms with Crippen LogP contribution in [-0.2, 0) is 13.1 Å². The van der Waals surface area contributed by atoms with Gasteiger partial charge in [-0.2, -0.15) is 0 Å². The van der Waals surface area contributed by atoms with Crippen molar-refractivity contribution in [2.24, 2.45) is 0 Å². The van der Waals surface area contributed by atoms with Crippen molar-refractivity contribution in [1.82, 2.24) is 19.8 Å². The first-order valence-corrected chi connectivity index (χ1v) is 7.67. The lowest BCUT2D eigenvalue weighted by atomic mass is 9.98. The Morgan fingerprint density at radius 2 is 1.95 bits per heavy atom. The average Bonchev–Trinajstić information content (AvgIpc) is 2.97. The first-order valence-electron chi connectivity index (χ1n) is 7.67. The van der Waals surface area contributed by atoms with Crippen LogP contribution in [0, 0.1) is 6.92 Å². The molecule has 21 heavy (non-hydrogen) atoms. The molecule has 1 aliphatic heterocycles. The summed E-state index contributed by atoms with van der Waals surface area (Å²) in [6.07, 6.45) is 3.98. The minimum atomic E-state index is 0.340. The van der Waals surface area contributed by atoms with E-state index in [0.29, 0.717) is 12.1 Å². The zero-order valence-electron chi connectivity index (χ0n) is 13.1. The van der Waals surface area contributed by atoms with Crippen LogP contribution < -0.4 is 5.32 Å². The van der Waals surface area contributed by atoms with Gasteiger partial charge in [-0.25, -0.2) is 4.98 Å². The molecule has 0 fully saturated rings. The molecule has 2 heterocycles. The van der Waals surface area contributed by atoms with Crippen LogP contribution in [0.1, 0.15) is 29.9 Å². The summed E-state index contributed by atoms with van der Waals surface area (Å²) in [6, 6.07) is 9.62. The molecular formula is C17H24N4. The molecule has 1 aromatic carbocycles. The fourth-order valence-electron chi connectivity index (χ4n) is 3.21. The van der Waals surface area contributed by atoms with Crippen molar-refractivity contribution in [3.63, 3.8) is 0 Å². The molecule has 4 heteroatoms. The van der Waals surface area contributed by atoms with Crippen LogP contribution in [0.5, 0.6) is 0 Å². The maximum atomic E-state index is 4.46. The second-order valence-corrected chi connectivity index (χ2v) is 5.92. The number of aryl methyl sites for hydroxylation is 1. The van der Waals surface area contributed by atoms with E-state index in [1.54, 1.807) is 0 Å². The largest absolute Gasteiger partial charge is 0.333 e. The number of benzene rings is 1. The Hall–Kier alpha value is -1.65. The summed E-state index contributed by atoms with van der Waals surface area (Å²) in [4.78, 5) is 6.98. The zero-order valence-corrected chi connectivity index (χ0v) is 13.1. The minimum Gasteiger partial charge on any atom is -0.333 e. The van der Waals surface area contributed by atoms with Crippen molar-refractivity contribution >= 4 is 0 Å². The third-order valence-electron chi connectivity index (χ3n) is 4.58. The lowest BCUT2D eigenvalue weighted by Crippen LogP contribution is -2.45. The van der Waals surface area contributed by atoms with Crippen molar-refractivity contribution in [3.8, 4) is 0 Å². The Morgan fingerprint density at radius 3 is 2.67 bits per heavy atom. The van der Waals surface area contributed by atoms with Gasteiger partial charge in [0.15, 0.2) is 0 Å². The zero-order chi connectivity index (χ0) is 14.8. The third-order valence-corrected chi connectivity index (χ3v) is 4.58. The van der Waals surface area contributed by atoms with Crippen LogP contribution in [0.4, 0.5) is 0 Å². The Bertz CT molecular complexity index is 587. The predicted octanol–water partition coefficient (Wildman–Crippen LogP) is 2.36. The van der Waals surface area contributed by atoms with E-state index in [-0.39, 0.29) is 0 Å². The van der Waals surface area contributed by atoms with E-state index < -0.39 is 0 Å². The number of fused-ring (bicyclic) bond motifs is 1. The standard InChI is InChI=1S/C17H24N4/c1-13-4-6-15(7-5-13)17(18-3)14(2)21-11-10-20-9-8-19-16(20)12-21/h4-9,14,17-18H,10-12H2,1-3H3. The Kier molecular flexibility index (Phi) is 4.08. The number of nitrogens with zero attached hydrogens (tertiary/aromatic N) is 3. The van der Waals surface area contributed by atoms with Crippen LogP contribution >= 0.6 is 0 Å². The van der Waals surface area contributed by atoms with Gasteiger partial charge in [-0.05, 0) is 26.5 Å². The molecule has 1 aromatic heterocycles. The summed E-state index contributed by atoms with van der Waals surface area (Å²) in [5.74, 6) is 1.17. The second kappa shape index (κ2) is 6.00. The lowest BCUT2D eigenvalue weighted by Gasteiger charge is -2.37. The lowest BCUT2D eigenvalue weighted by molar-refractivity contribution is 0.134. The van der Waals surface area contributed by atoms with E-state index in [1.807, 2.05) is 13.2 Å². The van der Waals surface area contributed by atoms with E-state index in [0.717, 1.165) is 19.6 Å². The van der Waals surface area contributed by atoms with Gasteiger partial charge in [0, 0.05) is 37.6 Å². The first kappa shape index (κ1) is 14.3. The summed E-state index contributed by atoms with van der Waals surface area (Å²) in [6.45, 7) is 7.47. The highest BCUT2D eigenvalue weighted by molar-refractivity contribution is 5.25. The second-order valence-electron chi connectivity index (χ2n) is 5.92. The van der Waals surface area contributed by atoms with E-state index >= 15 is 0 Å². The molecule has 0 amide bonds. The minimum absolute atomic E-state index is 0.340. The number of rotatable bonds is 4. The molecule has 2 unspecified atom stereocenters. The topological polar surface area (TPSA) is 33.1 Å². The van der Waals surface area contributed by atoms with Crippen LogP contribution in [0.3, 0.4) is 0 Å². The summed E-state index contributed by atoms with van der Waals surface area (Å²) in [5.41, 5.74) is 2.66. The van der Waals surface area contributed by atoms with Crippen molar-refractivity contribution in [2.45, 2.75) is 39.0 Å². The molecule has 1 N–H and O–H groups in total. The van der Waals surface area contributed by atoms with E-state index in [2.05, 4.69) is 64.1 Å². The van der Waals surface area contributed by atoms with Gasteiger partial charge >= 0.3 is 0 Å². The molecule has 0 saturated heterocycles. The maximum Gasteiger partial charge on any atom is 0.122 e. The predicted molar refractivity (Wildman–Crippen MR) is 85.1 cm³/mol. The van der Waals surface area contributed by atoms with Crippen LogP contribution in [0.2, 0.25) is 0 Å². The number of nitrogens with one attached hydrogen (secondary N) is 1. The van der Waals surface area contributed by atoms with E-state index in [4.69, 9.17) is 0 Å². The number of hydrogen-bond donors (Lipinski definition) is 1. The van der Waals surface area contributed by atoms with E-state index in [1.165, 1.54) is 17.0 Å². The van der Waals surface area contributed by atoms with Gasteiger partial charge in [0.25, 0.3) is 0 Å². The maximum absolute atomic E-state index is 4.46. The Morgan fingerprint density at radius 1 is 1.19 bits per heavy atom. The van der Waals surface area contributed by atoms with Gasteiger partial charge in [0.05, 0.1) is 6.54 Å². The van der Waals surface area contributed by atoms with Crippen LogP contribution in [-0.4, -0.2) is 34.1 Å². The smallest absolute Gasteiger partial charge is 0.122 e. The monoisotopic (exact) mass is 284 g/mol. The molecule has 0 aliphatic carbocycles. The summed E-state index contributed by atoms with van der Waals surface area (Å²) < 4.78 is 2.25. The molecule has 0 saturated carbocycles. The molecule has 1 aliphatic rings. The number of imidazole rings is 1. The summed E-state index contributed by atoms with van der Waals surface area (Å²) in [5, 5.41) is 3.48. The van der Waals surface area contributed by atoms with Gasteiger partial charge in [0.2, 0.25) is 0 Å². The molecule has 0 radical (unpaired) electrons. The van der Waals surface area contributed by atoms with Crippen molar-refractivity contribution in [1.29, 1.82) is 0 Å². The van der Waals surface area contributed by atoms with Crippen LogP contribution in [0.15, 0.2) is 36.7 Å². The van der Waals surface area contributed by atoms with Gasteiger partial charge in [-0.15, -0.1) is 0 Å². The van der Waals surface area contributed by atoms with Gasteiger partial charge < -0.3 is 9.88 Å². The first-order chi connectivity index (χ1) is 10.2. The Labute approximate surface area is 126 Å². The van der Waals surface area contributed by atoms with Crippen molar-refractivity contribution in [3.05, 3.63) is 53.6 Å². The molecular weight excluding hydrogens is 260 g/mol. The van der Waals surface area contributed by atoms with E-state index in [9.17, 15) is 0 Å². The SMILES string of the molecule is CNC(c1ccc(C)cc1)C(C)N1CCn2ccnc2C1. The molecule has 3 rings (SSSR count). The molecule has 2 aromatic rings. The molecule has 4 nitrogen and oxygen atoms in total. The van der Waals surface area contributed by atoms with Crippen molar-refractivity contribution in [2.75, 3.05) is 13.6 Å². The normalized spacial score (nSPS) is 18.2. The third kappa shape index (κ3) is 2.87. The number of aromatic nitrogens is 2. The van der Waals surface area contributed by atoms with Gasteiger partial charge in [-0.1, -0.05) is 29.8 Å².